The van der Waals surface area contributed by atoms with Gasteiger partial charge in [-0.05, 0) is 37.8 Å². The average molecular weight is 433 g/mol. The molecule has 1 fully saturated rings. The molecule has 0 radical (unpaired) electrons. The van der Waals surface area contributed by atoms with Gasteiger partial charge in [0.15, 0.2) is 5.75 Å². The van der Waals surface area contributed by atoms with E-state index in [2.05, 4.69) is 16.7 Å². The summed E-state index contributed by atoms with van der Waals surface area (Å²) in [7, 11) is -1.91. The van der Waals surface area contributed by atoms with Crippen molar-refractivity contribution in [1.82, 2.24) is 13.9 Å². The van der Waals surface area contributed by atoms with Crippen LogP contribution in [0.25, 0.3) is 22.2 Å². The highest BCUT2D eigenvalue weighted by atomic mass is 35.5. The molecule has 29 heavy (non-hydrogen) atoms. The molecule has 0 aliphatic carbocycles. The second kappa shape index (κ2) is 7.78. The van der Waals surface area contributed by atoms with Crippen molar-refractivity contribution in [2.24, 2.45) is 12.0 Å². The maximum Gasteiger partial charge on any atom is 0.385 e. The van der Waals surface area contributed by atoms with E-state index in [0.717, 1.165) is 40.6 Å². The molecule has 0 spiro atoms. The number of hydrogen-bond acceptors (Lipinski definition) is 5. The Labute approximate surface area is 174 Å². The highest BCUT2D eigenvalue weighted by Crippen LogP contribution is 2.36. The number of fused-ring (bicyclic) bond motifs is 1. The van der Waals surface area contributed by atoms with Gasteiger partial charge >= 0.3 is 10.3 Å². The summed E-state index contributed by atoms with van der Waals surface area (Å²) in [6, 6.07) is 7.36. The van der Waals surface area contributed by atoms with Crippen molar-refractivity contribution in [1.29, 1.82) is 0 Å². The average Bonchev–Trinajstić information content (AvgIpc) is 3.31. The standard InChI is InChI=1S/C20H21ClN4O3S/c1-22-13-18-17-6-5-15(21)10-19(17)24(2)20(18)14-9-16(12-23-11-14)28-29(26,27)25-7-3-4-8-25/h5-6,9-12H,1,3-4,7-8,13H2,2H3. The molecule has 1 aromatic carbocycles. The van der Waals surface area contributed by atoms with Gasteiger partial charge in [-0.1, -0.05) is 17.7 Å². The van der Waals surface area contributed by atoms with Gasteiger partial charge in [0.05, 0.1) is 24.0 Å². The summed E-state index contributed by atoms with van der Waals surface area (Å²) in [5.74, 6) is 0.176. The van der Waals surface area contributed by atoms with Gasteiger partial charge in [-0.15, -0.1) is 0 Å². The molecule has 1 aliphatic heterocycles. The van der Waals surface area contributed by atoms with Gasteiger partial charge in [-0.25, -0.2) is 0 Å². The molecule has 152 valence electrons. The highest BCUT2D eigenvalue weighted by Gasteiger charge is 2.27. The lowest BCUT2D eigenvalue weighted by atomic mass is 10.1. The SMILES string of the molecule is C=NCc1c(-c2cncc(OS(=O)(=O)N3CCCC3)c2)n(C)c2cc(Cl)ccc12. The number of halogens is 1. The number of aryl methyl sites for hydroxylation is 1. The summed E-state index contributed by atoms with van der Waals surface area (Å²) in [5, 5.41) is 1.64. The first-order valence-corrected chi connectivity index (χ1v) is 11.0. The van der Waals surface area contributed by atoms with E-state index in [1.165, 1.54) is 10.5 Å². The molecule has 1 aliphatic rings. The highest BCUT2D eigenvalue weighted by molar-refractivity contribution is 7.84. The first-order valence-electron chi connectivity index (χ1n) is 9.25. The van der Waals surface area contributed by atoms with E-state index in [1.54, 1.807) is 12.3 Å². The Balaban J connectivity index is 1.78. The first-order chi connectivity index (χ1) is 13.9. The van der Waals surface area contributed by atoms with Crippen molar-refractivity contribution in [2.75, 3.05) is 13.1 Å². The molecular formula is C20H21ClN4O3S. The van der Waals surface area contributed by atoms with Gasteiger partial charge in [-0.3, -0.25) is 9.98 Å². The van der Waals surface area contributed by atoms with E-state index < -0.39 is 10.3 Å². The molecule has 0 amide bonds. The number of rotatable bonds is 6. The Morgan fingerprint density at radius 3 is 2.72 bits per heavy atom. The van der Waals surface area contributed by atoms with Crippen LogP contribution in [0.5, 0.6) is 5.75 Å². The van der Waals surface area contributed by atoms with Crippen LogP contribution in [0.3, 0.4) is 0 Å². The topological polar surface area (TPSA) is 76.8 Å². The third-order valence-corrected chi connectivity index (χ3v) is 6.74. The lowest BCUT2D eigenvalue weighted by Crippen LogP contribution is -2.31. The quantitative estimate of drug-likeness (QED) is 0.555. The predicted octanol–water partition coefficient (Wildman–Crippen LogP) is 3.81. The van der Waals surface area contributed by atoms with Crippen LogP contribution in [0, 0.1) is 0 Å². The zero-order chi connectivity index (χ0) is 20.6. The predicted molar refractivity (Wildman–Crippen MR) is 115 cm³/mol. The Morgan fingerprint density at radius 2 is 2.00 bits per heavy atom. The summed E-state index contributed by atoms with van der Waals surface area (Å²) < 4.78 is 33.7. The van der Waals surface area contributed by atoms with Crippen molar-refractivity contribution >= 4 is 39.5 Å². The van der Waals surface area contributed by atoms with Crippen LogP contribution < -0.4 is 4.18 Å². The molecule has 1 saturated heterocycles. The van der Waals surface area contributed by atoms with Crippen LogP contribution in [0.4, 0.5) is 0 Å². The molecular weight excluding hydrogens is 412 g/mol. The Kier molecular flexibility index (Phi) is 5.33. The number of pyridine rings is 1. The molecule has 2 aromatic heterocycles. The fourth-order valence-electron chi connectivity index (χ4n) is 3.81. The van der Waals surface area contributed by atoms with Gasteiger partial charge in [0.25, 0.3) is 0 Å². The van der Waals surface area contributed by atoms with Crippen LogP contribution in [0.1, 0.15) is 18.4 Å². The summed E-state index contributed by atoms with van der Waals surface area (Å²) in [6.45, 7) is 4.99. The maximum absolute atomic E-state index is 12.5. The Hall–Kier alpha value is -2.42. The Morgan fingerprint density at radius 1 is 1.24 bits per heavy atom. The Bertz CT molecular complexity index is 1180. The molecule has 7 nitrogen and oxygen atoms in total. The minimum absolute atomic E-state index is 0.176. The van der Waals surface area contributed by atoms with E-state index in [4.69, 9.17) is 15.8 Å². The fraction of sp³-hybridized carbons (Fsp3) is 0.300. The number of aromatic nitrogens is 2. The lowest BCUT2D eigenvalue weighted by molar-refractivity contribution is 0.395. The minimum atomic E-state index is -3.83. The third-order valence-electron chi connectivity index (χ3n) is 5.11. The summed E-state index contributed by atoms with van der Waals surface area (Å²) in [5.41, 5.74) is 3.51. The molecule has 9 heteroatoms. The molecule has 0 N–H and O–H groups in total. The summed E-state index contributed by atoms with van der Waals surface area (Å²) in [4.78, 5) is 8.27. The van der Waals surface area contributed by atoms with Gasteiger partial charge in [-0.2, -0.15) is 12.7 Å². The van der Waals surface area contributed by atoms with Crippen molar-refractivity contribution in [3.05, 3.63) is 47.2 Å². The van der Waals surface area contributed by atoms with E-state index in [1.807, 2.05) is 29.8 Å². The van der Waals surface area contributed by atoms with E-state index in [9.17, 15) is 8.42 Å². The maximum atomic E-state index is 12.5. The lowest BCUT2D eigenvalue weighted by Gasteiger charge is -2.16. The van der Waals surface area contributed by atoms with Crippen molar-refractivity contribution in [3.8, 4) is 17.0 Å². The van der Waals surface area contributed by atoms with Crippen molar-refractivity contribution in [3.63, 3.8) is 0 Å². The molecule has 0 atom stereocenters. The van der Waals surface area contributed by atoms with Gasteiger partial charge in [0.2, 0.25) is 0 Å². The van der Waals surface area contributed by atoms with E-state index in [-0.39, 0.29) is 5.75 Å². The fourth-order valence-corrected chi connectivity index (χ4v) is 5.12. The van der Waals surface area contributed by atoms with E-state index >= 15 is 0 Å². The van der Waals surface area contributed by atoms with Crippen molar-refractivity contribution < 1.29 is 12.6 Å². The number of aliphatic imine (C=N–C) groups is 1. The zero-order valence-electron chi connectivity index (χ0n) is 16.0. The van der Waals surface area contributed by atoms with Crippen molar-refractivity contribution in [2.45, 2.75) is 19.4 Å². The number of benzene rings is 1. The smallest absolute Gasteiger partial charge is 0.369 e. The molecule has 4 rings (SSSR count). The normalized spacial score (nSPS) is 15.1. The summed E-state index contributed by atoms with van der Waals surface area (Å²) >= 11 is 6.18. The second-order valence-corrected chi connectivity index (χ2v) is 8.96. The number of nitrogens with zero attached hydrogens (tertiary/aromatic N) is 4. The van der Waals surface area contributed by atoms with Crippen LogP contribution in [0.2, 0.25) is 5.02 Å². The van der Waals surface area contributed by atoms with Crippen LogP contribution in [-0.4, -0.2) is 42.1 Å². The molecule has 0 unspecified atom stereocenters. The van der Waals surface area contributed by atoms with Crippen LogP contribution >= 0.6 is 11.6 Å². The molecule has 0 saturated carbocycles. The van der Waals surface area contributed by atoms with Crippen LogP contribution in [-0.2, 0) is 23.9 Å². The minimum Gasteiger partial charge on any atom is -0.369 e. The monoisotopic (exact) mass is 432 g/mol. The van der Waals surface area contributed by atoms with Gasteiger partial charge in [0.1, 0.15) is 0 Å². The third kappa shape index (κ3) is 3.75. The molecule has 3 aromatic rings. The van der Waals surface area contributed by atoms with Crippen LogP contribution in [0.15, 0.2) is 41.7 Å². The zero-order valence-corrected chi connectivity index (χ0v) is 17.6. The second-order valence-electron chi connectivity index (χ2n) is 6.99. The largest absolute Gasteiger partial charge is 0.385 e. The molecule has 3 heterocycles. The summed E-state index contributed by atoms with van der Waals surface area (Å²) in [6.07, 6.45) is 4.77. The first kappa shape index (κ1) is 19.9. The van der Waals surface area contributed by atoms with Gasteiger partial charge in [0, 0.05) is 47.9 Å². The number of hydrogen-bond donors (Lipinski definition) is 0. The van der Waals surface area contributed by atoms with E-state index in [0.29, 0.717) is 24.7 Å². The van der Waals surface area contributed by atoms with Gasteiger partial charge < -0.3 is 8.75 Å². The molecule has 0 bridgehead atoms.